The Hall–Kier alpha value is -3.22. The van der Waals surface area contributed by atoms with Crippen molar-refractivity contribution >= 4 is 22.9 Å². The number of nitrogens with zero attached hydrogens (tertiary/aromatic N) is 3. The maximum Gasteiger partial charge on any atom is 0.308 e. The summed E-state index contributed by atoms with van der Waals surface area (Å²) in [5.41, 5.74) is 2.77. The smallest absolute Gasteiger partial charge is 0.308 e. The van der Waals surface area contributed by atoms with Gasteiger partial charge in [-0.05, 0) is 38.3 Å². The van der Waals surface area contributed by atoms with Gasteiger partial charge in [-0.2, -0.15) is 5.10 Å². The van der Waals surface area contributed by atoms with Gasteiger partial charge in [0.25, 0.3) is 5.91 Å². The Kier molecular flexibility index (Phi) is 6.26. The lowest BCUT2D eigenvalue weighted by molar-refractivity contribution is -0.141. The third-order valence-electron chi connectivity index (χ3n) is 5.13. The van der Waals surface area contributed by atoms with Gasteiger partial charge in [-0.25, -0.2) is 9.67 Å². The Balaban J connectivity index is 1.80. The average Bonchev–Trinajstić information content (AvgIpc) is 3.13. The molecule has 3 aromatic rings. The lowest BCUT2D eigenvalue weighted by atomic mass is 9.99. The van der Waals surface area contributed by atoms with Crippen molar-refractivity contribution in [1.82, 2.24) is 20.1 Å². The van der Waals surface area contributed by atoms with E-state index in [0.29, 0.717) is 28.7 Å². The van der Waals surface area contributed by atoms with Crippen molar-refractivity contribution in [3.8, 4) is 0 Å². The maximum absolute atomic E-state index is 12.9. The molecule has 1 amide bonds. The van der Waals surface area contributed by atoms with Crippen molar-refractivity contribution in [2.75, 3.05) is 6.54 Å². The first-order valence-corrected chi connectivity index (χ1v) is 9.80. The third kappa shape index (κ3) is 4.62. The van der Waals surface area contributed by atoms with Crippen LogP contribution in [0.1, 0.15) is 47.9 Å². The van der Waals surface area contributed by atoms with Gasteiger partial charge in [0.15, 0.2) is 5.65 Å². The number of aryl methyl sites for hydroxylation is 1. The zero-order valence-corrected chi connectivity index (χ0v) is 16.9. The standard InChI is InChI=1S/C22H26N4O3/c1-4-15(3)26-20-19(13-24-26)18(10-14(2)25-20)21(27)23-12-17(22(28)29)11-16-8-6-5-7-9-16/h5-10,13,15,17H,4,11-12H2,1-3H3,(H,23,27)(H,28,29). The molecule has 2 unspecified atom stereocenters. The number of carbonyl (C=O) groups excluding carboxylic acids is 1. The first kappa shape index (κ1) is 20.5. The number of hydrogen-bond acceptors (Lipinski definition) is 4. The highest BCUT2D eigenvalue weighted by molar-refractivity contribution is 6.05. The normalized spacial score (nSPS) is 13.2. The third-order valence-corrected chi connectivity index (χ3v) is 5.13. The molecular formula is C22H26N4O3. The summed E-state index contributed by atoms with van der Waals surface area (Å²) in [5, 5.41) is 17.4. The number of pyridine rings is 1. The van der Waals surface area contributed by atoms with Crippen molar-refractivity contribution in [3.63, 3.8) is 0 Å². The van der Waals surface area contributed by atoms with Gasteiger partial charge >= 0.3 is 5.97 Å². The van der Waals surface area contributed by atoms with Crippen molar-refractivity contribution in [1.29, 1.82) is 0 Å². The molecule has 0 bridgehead atoms. The Bertz CT molecular complexity index is 1010. The summed E-state index contributed by atoms with van der Waals surface area (Å²) in [5.74, 6) is -1.96. The molecule has 3 rings (SSSR count). The van der Waals surface area contributed by atoms with Gasteiger partial charge in [-0.15, -0.1) is 0 Å². The van der Waals surface area contributed by atoms with Crippen molar-refractivity contribution in [2.24, 2.45) is 5.92 Å². The van der Waals surface area contributed by atoms with Gasteiger partial charge < -0.3 is 10.4 Å². The fourth-order valence-corrected chi connectivity index (χ4v) is 3.28. The van der Waals surface area contributed by atoms with Crippen LogP contribution in [0.15, 0.2) is 42.6 Å². The fourth-order valence-electron chi connectivity index (χ4n) is 3.28. The minimum atomic E-state index is -0.935. The molecule has 7 heteroatoms. The Morgan fingerprint density at radius 1 is 1.24 bits per heavy atom. The highest BCUT2D eigenvalue weighted by atomic mass is 16.4. The lowest BCUT2D eigenvalue weighted by Crippen LogP contribution is -2.34. The second kappa shape index (κ2) is 8.86. The number of carbonyl (C=O) groups is 2. The van der Waals surface area contributed by atoms with Crippen molar-refractivity contribution in [3.05, 3.63) is 59.4 Å². The second-order valence-electron chi connectivity index (χ2n) is 7.33. The summed E-state index contributed by atoms with van der Waals surface area (Å²) in [6.07, 6.45) is 2.91. The summed E-state index contributed by atoms with van der Waals surface area (Å²) in [6, 6.07) is 11.3. The van der Waals surface area contributed by atoms with E-state index in [9.17, 15) is 14.7 Å². The lowest BCUT2D eigenvalue weighted by Gasteiger charge is -2.14. The first-order chi connectivity index (χ1) is 13.9. The van der Waals surface area contributed by atoms with Gasteiger partial charge in [0.05, 0.1) is 29.1 Å². The zero-order valence-electron chi connectivity index (χ0n) is 16.9. The predicted octanol–water partition coefficient (Wildman–Crippen LogP) is 3.38. The molecule has 7 nitrogen and oxygen atoms in total. The van der Waals surface area contributed by atoms with Crippen LogP contribution >= 0.6 is 0 Å². The molecule has 152 valence electrons. The maximum atomic E-state index is 12.9. The number of aromatic nitrogens is 3. The zero-order chi connectivity index (χ0) is 21.0. The first-order valence-electron chi connectivity index (χ1n) is 9.80. The molecule has 2 N–H and O–H groups in total. The Morgan fingerprint density at radius 3 is 2.62 bits per heavy atom. The van der Waals surface area contributed by atoms with E-state index < -0.39 is 11.9 Å². The number of hydrogen-bond donors (Lipinski definition) is 2. The van der Waals surface area contributed by atoms with Gasteiger partial charge in [0.1, 0.15) is 0 Å². The molecule has 0 aliphatic heterocycles. The molecule has 2 heterocycles. The molecule has 1 aromatic carbocycles. The molecule has 29 heavy (non-hydrogen) atoms. The SMILES string of the molecule is CCC(C)n1ncc2c(C(=O)NCC(Cc3ccccc3)C(=O)O)cc(C)nc21. The van der Waals surface area contributed by atoms with E-state index in [1.165, 1.54) is 0 Å². The highest BCUT2D eigenvalue weighted by Gasteiger charge is 2.22. The van der Waals surface area contributed by atoms with E-state index in [1.54, 1.807) is 12.3 Å². The van der Waals surface area contributed by atoms with Gasteiger partial charge in [0.2, 0.25) is 0 Å². The Morgan fingerprint density at radius 2 is 1.97 bits per heavy atom. The van der Waals surface area contributed by atoms with Crippen molar-refractivity contribution < 1.29 is 14.7 Å². The molecule has 0 spiro atoms. The minimum absolute atomic E-state index is 0.0470. The molecule has 0 aliphatic carbocycles. The Labute approximate surface area is 169 Å². The highest BCUT2D eigenvalue weighted by Crippen LogP contribution is 2.22. The monoisotopic (exact) mass is 394 g/mol. The number of aliphatic carboxylic acids is 1. The van der Waals surface area contributed by atoms with E-state index in [4.69, 9.17) is 0 Å². The van der Waals surface area contributed by atoms with E-state index in [-0.39, 0.29) is 18.5 Å². The quantitative estimate of drug-likeness (QED) is 0.610. The van der Waals surface area contributed by atoms with E-state index >= 15 is 0 Å². The van der Waals surface area contributed by atoms with Gasteiger partial charge in [-0.1, -0.05) is 37.3 Å². The van der Waals surface area contributed by atoms with E-state index in [1.807, 2.05) is 41.9 Å². The summed E-state index contributed by atoms with van der Waals surface area (Å²) in [4.78, 5) is 29.1. The molecule has 0 saturated carbocycles. The minimum Gasteiger partial charge on any atom is -0.481 e. The molecule has 0 aliphatic rings. The number of nitrogens with one attached hydrogen (secondary N) is 1. The molecule has 0 saturated heterocycles. The molecule has 2 atom stereocenters. The number of benzene rings is 1. The predicted molar refractivity (Wildman–Crippen MR) is 111 cm³/mol. The topological polar surface area (TPSA) is 97.1 Å². The van der Waals surface area contributed by atoms with Crippen LogP contribution in [0.3, 0.4) is 0 Å². The molecule has 0 fully saturated rings. The van der Waals surface area contributed by atoms with Crippen LogP contribution < -0.4 is 5.32 Å². The van der Waals surface area contributed by atoms with Crippen LogP contribution in [0.2, 0.25) is 0 Å². The number of carboxylic acids is 1. The summed E-state index contributed by atoms with van der Waals surface area (Å²) < 4.78 is 1.83. The number of carboxylic acid groups (broad SMARTS) is 1. The average molecular weight is 394 g/mol. The van der Waals surface area contributed by atoms with E-state index in [2.05, 4.69) is 29.2 Å². The van der Waals surface area contributed by atoms with E-state index in [0.717, 1.165) is 12.0 Å². The van der Waals surface area contributed by atoms with Crippen LogP contribution in [0.4, 0.5) is 0 Å². The van der Waals surface area contributed by atoms with Crippen LogP contribution in [0, 0.1) is 12.8 Å². The number of amides is 1. The fraction of sp³-hybridized carbons (Fsp3) is 0.364. The summed E-state index contributed by atoms with van der Waals surface area (Å²) in [6.45, 7) is 6.00. The van der Waals surface area contributed by atoms with Crippen LogP contribution in [0.5, 0.6) is 0 Å². The van der Waals surface area contributed by atoms with Crippen molar-refractivity contribution in [2.45, 2.75) is 39.7 Å². The summed E-state index contributed by atoms with van der Waals surface area (Å²) >= 11 is 0. The molecule has 0 radical (unpaired) electrons. The largest absolute Gasteiger partial charge is 0.481 e. The second-order valence-corrected chi connectivity index (χ2v) is 7.33. The molecule has 2 aromatic heterocycles. The van der Waals surface area contributed by atoms with Crippen LogP contribution in [-0.4, -0.2) is 38.3 Å². The molecular weight excluding hydrogens is 368 g/mol. The summed E-state index contributed by atoms with van der Waals surface area (Å²) in [7, 11) is 0. The number of fused-ring (bicyclic) bond motifs is 1. The van der Waals surface area contributed by atoms with Crippen LogP contribution in [-0.2, 0) is 11.2 Å². The van der Waals surface area contributed by atoms with Gasteiger partial charge in [0, 0.05) is 12.2 Å². The van der Waals surface area contributed by atoms with Crippen LogP contribution in [0.25, 0.3) is 11.0 Å². The number of rotatable bonds is 8. The van der Waals surface area contributed by atoms with Gasteiger partial charge in [-0.3, -0.25) is 9.59 Å².